The van der Waals surface area contributed by atoms with Gasteiger partial charge in [0, 0.05) is 34.9 Å². The minimum atomic E-state index is -0.0834. The molecule has 0 bridgehead atoms. The number of carbonyl (C=O) groups is 1. The Labute approximate surface area is 185 Å². The smallest absolute Gasteiger partial charge is 0.256 e. The molecule has 0 aliphatic carbocycles. The van der Waals surface area contributed by atoms with Gasteiger partial charge in [-0.15, -0.1) is 23.5 Å². The summed E-state index contributed by atoms with van der Waals surface area (Å²) in [6.07, 6.45) is 4.32. The predicted molar refractivity (Wildman–Crippen MR) is 124 cm³/mol. The normalized spacial score (nSPS) is 15.8. The van der Waals surface area contributed by atoms with E-state index in [4.69, 9.17) is 4.74 Å². The highest BCUT2D eigenvalue weighted by molar-refractivity contribution is 7.99. The molecule has 4 nitrogen and oxygen atoms in total. The molecule has 30 heavy (non-hydrogen) atoms. The third-order valence-corrected chi connectivity index (χ3v) is 7.01. The van der Waals surface area contributed by atoms with Crippen molar-refractivity contribution in [2.75, 3.05) is 17.7 Å². The molecule has 1 fully saturated rings. The Morgan fingerprint density at radius 2 is 1.97 bits per heavy atom. The molecule has 2 heterocycles. The Kier molecular flexibility index (Phi) is 7.45. The van der Waals surface area contributed by atoms with Gasteiger partial charge in [-0.05, 0) is 54.8 Å². The second-order valence-electron chi connectivity index (χ2n) is 7.05. The van der Waals surface area contributed by atoms with Crippen molar-refractivity contribution in [2.45, 2.75) is 34.6 Å². The van der Waals surface area contributed by atoms with Crippen LogP contribution < -0.4 is 5.32 Å². The van der Waals surface area contributed by atoms with Crippen LogP contribution in [0.5, 0.6) is 0 Å². The van der Waals surface area contributed by atoms with Crippen molar-refractivity contribution in [3.63, 3.8) is 0 Å². The van der Waals surface area contributed by atoms with Gasteiger partial charge in [0.25, 0.3) is 5.91 Å². The van der Waals surface area contributed by atoms with Gasteiger partial charge in [0.15, 0.2) is 0 Å². The zero-order valence-corrected chi connectivity index (χ0v) is 18.3. The number of anilines is 1. The van der Waals surface area contributed by atoms with Crippen molar-refractivity contribution < 1.29 is 9.53 Å². The van der Waals surface area contributed by atoms with Crippen LogP contribution in [0.1, 0.15) is 28.8 Å². The monoisotopic (exact) mass is 436 g/mol. The molecule has 1 aliphatic heterocycles. The van der Waals surface area contributed by atoms with Crippen molar-refractivity contribution in [1.82, 2.24) is 4.98 Å². The van der Waals surface area contributed by atoms with Crippen LogP contribution in [-0.2, 0) is 10.5 Å². The van der Waals surface area contributed by atoms with Crippen LogP contribution in [0.4, 0.5) is 5.69 Å². The number of thioether (sulfide) groups is 2. The van der Waals surface area contributed by atoms with E-state index in [-0.39, 0.29) is 5.91 Å². The summed E-state index contributed by atoms with van der Waals surface area (Å²) in [6, 6.07) is 21.7. The SMILES string of the molecule is O=C(Nc1cccc(CSc2ccccn2)c1)c1ccccc1SCC1CCCO1. The molecule has 1 amide bonds. The van der Waals surface area contributed by atoms with E-state index < -0.39 is 0 Å². The van der Waals surface area contributed by atoms with Gasteiger partial charge in [-0.1, -0.05) is 30.3 Å². The summed E-state index contributed by atoms with van der Waals surface area (Å²) in [7, 11) is 0. The first-order chi connectivity index (χ1) is 14.8. The van der Waals surface area contributed by atoms with Gasteiger partial charge in [0.05, 0.1) is 16.7 Å². The van der Waals surface area contributed by atoms with Crippen LogP contribution in [0, 0.1) is 0 Å². The third kappa shape index (κ3) is 5.88. The molecule has 154 valence electrons. The minimum Gasteiger partial charge on any atom is -0.377 e. The zero-order chi connectivity index (χ0) is 20.6. The molecule has 1 atom stereocenters. The maximum absolute atomic E-state index is 13.0. The topological polar surface area (TPSA) is 51.2 Å². The molecule has 1 aromatic heterocycles. The fourth-order valence-corrected chi connectivity index (χ4v) is 5.19. The molecule has 2 aromatic carbocycles. The van der Waals surface area contributed by atoms with Crippen LogP contribution in [0.3, 0.4) is 0 Å². The van der Waals surface area contributed by atoms with Crippen LogP contribution in [0.25, 0.3) is 0 Å². The first-order valence-corrected chi connectivity index (χ1v) is 12.0. The summed E-state index contributed by atoms with van der Waals surface area (Å²) < 4.78 is 5.71. The lowest BCUT2D eigenvalue weighted by molar-refractivity contribution is 0.102. The molecule has 1 N–H and O–H groups in total. The summed E-state index contributed by atoms with van der Waals surface area (Å²) in [5.74, 6) is 1.60. The van der Waals surface area contributed by atoms with Gasteiger partial charge in [0.2, 0.25) is 0 Å². The number of hydrogen-bond donors (Lipinski definition) is 1. The van der Waals surface area contributed by atoms with E-state index in [1.54, 1.807) is 29.7 Å². The average Bonchev–Trinajstić information content (AvgIpc) is 3.31. The maximum atomic E-state index is 13.0. The van der Waals surface area contributed by atoms with E-state index in [0.717, 1.165) is 52.1 Å². The van der Waals surface area contributed by atoms with E-state index in [2.05, 4.69) is 16.4 Å². The first-order valence-electron chi connectivity index (χ1n) is 10.1. The van der Waals surface area contributed by atoms with E-state index in [0.29, 0.717) is 11.7 Å². The number of amides is 1. The van der Waals surface area contributed by atoms with Crippen molar-refractivity contribution in [2.24, 2.45) is 0 Å². The van der Waals surface area contributed by atoms with Crippen LogP contribution >= 0.6 is 23.5 Å². The van der Waals surface area contributed by atoms with Crippen molar-refractivity contribution in [3.05, 3.63) is 84.1 Å². The number of hydrogen-bond acceptors (Lipinski definition) is 5. The summed E-state index contributed by atoms with van der Waals surface area (Å²) in [4.78, 5) is 18.3. The van der Waals surface area contributed by atoms with E-state index in [1.165, 1.54) is 0 Å². The number of ether oxygens (including phenoxy) is 1. The van der Waals surface area contributed by atoms with E-state index in [9.17, 15) is 4.79 Å². The molecule has 0 saturated carbocycles. The van der Waals surface area contributed by atoms with Crippen LogP contribution in [-0.4, -0.2) is 29.4 Å². The lowest BCUT2D eigenvalue weighted by atomic mass is 10.2. The van der Waals surface area contributed by atoms with Crippen LogP contribution in [0.2, 0.25) is 0 Å². The number of nitrogens with one attached hydrogen (secondary N) is 1. The van der Waals surface area contributed by atoms with Gasteiger partial charge in [-0.3, -0.25) is 4.79 Å². The number of nitrogens with zero attached hydrogens (tertiary/aromatic N) is 1. The maximum Gasteiger partial charge on any atom is 0.256 e. The Morgan fingerprint density at radius 1 is 1.07 bits per heavy atom. The number of rotatable bonds is 8. The molecule has 1 unspecified atom stereocenters. The lowest BCUT2D eigenvalue weighted by Gasteiger charge is -2.13. The summed E-state index contributed by atoms with van der Waals surface area (Å²) in [5.41, 5.74) is 2.65. The minimum absolute atomic E-state index is 0.0834. The molecule has 1 saturated heterocycles. The fourth-order valence-electron chi connectivity index (χ4n) is 3.27. The highest BCUT2D eigenvalue weighted by atomic mass is 32.2. The third-order valence-electron chi connectivity index (χ3n) is 4.79. The number of benzene rings is 2. The number of carbonyl (C=O) groups excluding carboxylic acids is 1. The number of aromatic nitrogens is 1. The molecular formula is C24H24N2O2S2. The summed E-state index contributed by atoms with van der Waals surface area (Å²) in [5, 5.41) is 4.05. The van der Waals surface area contributed by atoms with Gasteiger partial charge in [-0.25, -0.2) is 4.98 Å². The largest absolute Gasteiger partial charge is 0.377 e. The first kappa shape index (κ1) is 21.0. The predicted octanol–water partition coefficient (Wildman–Crippen LogP) is 5.90. The molecular weight excluding hydrogens is 412 g/mol. The van der Waals surface area contributed by atoms with E-state index >= 15 is 0 Å². The highest BCUT2D eigenvalue weighted by Crippen LogP contribution is 2.28. The van der Waals surface area contributed by atoms with Gasteiger partial charge >= 0.3 is 0 Å². The standard InChI is InChI=1S/C24H24N2O2S2/c27-24(21-10-1-2-11-22(21)29-17-20-9-6-14-28-20)26-19-8-5-7-18(15-19)16-30-23-12-3-4-13-25-23/h1-5,7-8,10-13,15,20H,6,9,14,16-17H2,(H,26,27). The molecule has 0 radical (unpaired) electrons. The molecule has 1 aliphatic rings. The molecule has 3 aromatic rings. The summed E-state index contributed by atoms with van der Waals surface area (Å²) in [6.45, 7) is 0.850. The van der Waals surface area contributed by atoms with Crippen molar-refractivity contribution >= 4 is 35.1 Å². The summed E-state index contributed by atoms with van der Waals surface area (Å²) >= 11 is 3.38. The van der Waals surface area contributed by atoms with Crippen LogP contribution in [0.15, 0.2) is 82.8 Å². The zero-order valence-electron chi connectivity index (χ0n) is 16.6. The van der Waals surface area contributed by atoms with Gasteiger partial charge < -0.3 is 10.1 Å². The van der Waals surface area contributed by atoms with Crippen molar-refractivity contribution in [1.29, 1.82) is 0 Å². The quantitative estimate of drug-likeness (QED) is 0.446. The van der Waals surface area contributed by atoms with Gasteiger partial charge in [0.1, 0.15) is 0 Å². The lowest BCUT2D eigenvalue weighted by Crippen LogP contribution is -2.14. The Morgan fingerprint density at radius 3 is 2.80 bits per heavy atom. The molecule has 0 spiro atoms. The fraction of sp³-hybridized carbons (Fsp3) is 0.250. The van der Waals surface area contributed by atoms with E-state index in [1.807, 2.05) is 60.7 Å². The van der Waals surface area contributed by atoms with Crippen molar-refractivity contribution in [3.8, 4) is 0 Å². The molecule has 6 heteroatoms. The Bertz CT molecular complexity index is 976. The second-order valence-corrected chi connectivity index (χ2v) is 9.11. The second kappa shape index (κ2) is 10.7. The number of pyridine rings is 1. The Balaban J connectivity index is 1.39. The average molecular weight is 437 g/mol. The van der Waals surface area contributed by atoms with Gasteiger partial charge in [-0.2, -0.15) is 0 Å². The molecule has 4 rings (SSSR count). The highest BCUT2D eigenvalue weighted by Gasteiger charge is 2.18. The Hall–Kier alpha value is -2.28.